The highest BCUT2D eigenvalue weighted by Gasteiger charge is 2.18. The van der Waals surface area contributed by atoms with Crippen LogP contribution >= 0.6 is 15.9 Å². The molecule has 0 bridgehead atoms. The van der Waals surface area contributed by atoms with Crippen LogP contribution < -0.4 is 0 Å². The van der Waals surface area contributed by atoms with Crippen molar-refractivity contribution >= 4 is 74.8 Å². The molecule has 0 fully saturated rings. The first kappa shape index (κ1) is 20.6. The van der Waals surface area contributed by atoms with Crippen LogP contribution in [0.4, 0.5) is 0 Å². The lowest BCUT2D eigenvalue weighted by Crippen LogP contribution is -2.40. The molecule has 2 nitrogen and oxygen atoms in total. The minimum absolute atomic E-state index is 0.215. The lowest BCUT2D eigenvalue weighted by Gasteiger charge is -2.27. The van der Waals surface area contributed by atoms with Gasteiger partial charge in [-0.3, -0.25) is 4.79 Å². The number of hydrogen-bond donors (Lipinski definition) is 1. The Morgan fingerprint density at radius 1 is 1.38 bits per heavy atom. The van der Waals surface area contributed by atoms with Crippen molar-refractivity contribution in [2.45, 2.75) is 24.8 Å². The molecular formula is C11H11B7BrO2. The Hall–Kier alpha value is -0.375. The predicted molar refractivity (Wildman–Crippen MR) is 98.3 cm³/mol. The van der Waals surface area contributed by atoms with Crippen LogP contribution in [0.25, 0.3) is 0 Å². The third kappa shape index (κ3) is 6.50. The van der Waals surface area contributed by atoms with E-state index in [9.17, 15) is 9.90 Å². The van der Waals surface area contributed by atoms with Crippen LogP contribution in [0.15, 0.2) is 16.6 Å². The topological polar surface area (TPSA) is 37.3 Å². The van der Waals surface area contributed by atoms with Crippen LogP contribution in [0.1, 0.15) is 35.7 Å². The maximum absolute atomic E-state index is 10.6. The van der Waals surface area contributed by atoms with E-state index >= 15 is 0 Å². The molecule has 95 valence electrons. The fraction of sp³-hybridized carbons (Fsp3) is 0.364. The predicted octanol–water partition coefficient (Wildman–Crippen LogP) is 0.640. The second-order valence-corrected chi connectivity index (χ2v) is 5.75. The van der Waals surface area contributed by atoms with Crippen molar-refractivity contribution < 1.29 is 9.90 Å². The van der Waals surface area contributed by atoms with Crippen LogP contribution in [0.3, 0.4) is 0 Å². The molecule has 0 spiro atoms. The summed E-state index contributed by atoms with van der Waals surface area (Å²) in [5, 5.41) is 8.29. The van der Waals surface area contributed by atoms with Gasteiger partial charge in [0.25, 0.3) is 0 Å². The molecule has 0 aliphatic heterocycles. The Balaban J connectivity index is 0.000000433. The zero-order chi connectivity index (χ0) is 16.8. The van der Waals surface area contributed by atoms with Gasteiger partial charge in [-0.25, -0.2) is 0 Å². The van der Waals surface area contributed by atoms with Gasteiger partial charge in [0.1, 0.15) is 5.75 Å². The highest BCUT2D eigenvalue weighted by molar-refractivity contribution is 9.10. The van der Waals surface area contributed by atoms with Crippen molar-refractivity contribution in [1.29, 1.82) is 0 Å². The molecule has 0 saturated carbocycles. The summed E-state index contributed by atoms with van der Waals surface area (Å²) in [5.41, 5.74) is 1.37. The van der Waals surface area contributed by atoms with Crippen molar-refractivity contribution in [3.05, 3.63) is 27.7 Å². The van der Waals surface area contributed by atoms with Gasteiger partial charge >= 0.3 is 0 Å². The molecule has 1 aromatic carbocycles. The second-order valence-electron chi connectivity index (χ2n) is 4.90. The minimum atomic E-state index is -1.25. The third-order valence-electron chi connectivity index (χ3n) is 2.76. The summed E-state index contributed by atoms with van der Waals surface area (Å²) in [6.07, 6.45) is 0.773. The first-order valence-corrected chi connectivity index (χ1v) is 6.98. The molecule has 0 amide bonds. The Kier molecular flexibility index (Phi) is 8.76. The second kappa shape index (κ2) is 8.92. The number of phenols is 1. The van der Waals surface area contributed by atoms with Gasteiger partial charge in [0.15, 0.2) is 6.29 Å². The molecule has 10 heteroatoms. The van der Waals surface area contributed by atoms with Gasteiger partial charge in [0, 0.05) is 62.6 Å². The number of aldehydes is 1. The summed E-state index contributed by atoms with van der Waals surface area (Å²) in [5.74, 6) is 0.444. The lowest BCUT2D eigenvalue weighted by molar-refractivity contribution is 0.112. The molecule has 1 rings (SSSR count). The van der Waals surface area contributed by atoms with Gasteiger partial charge in [-0.15, -0.1) is 0 Å². The van der Waals surface area contributed by atoms with Crippen molar-refractivity contribution in [3.8, 4) is 5.75 Å². The molecule has 0 heterocycles. The Morgan fingerprint density at radius 3 is 2.19 bits per heavy atom. The van der Waals surface area contributed by atoms with Crippen molar-refractivity contribution in [3.63, 3.8) is 0 Å². The van der Waals surface area contributed by atoms with Gasteiger partial charge < -0.3 is 5.11 Å². The molecular weight excluding hydrogens is 320 g/mol. The highest BCUT2D eigenvalue weighted by atomic mass is 79.9. The molecule has 0 aliphatic carbocycles. The van der Waals surface area contributed by atoms with Crippen molar-refractivity contribution in [2.75, 3.05) is 0 Å². The van der Waals surface area contributed by atoms with Crippen LogP contribution in [-0.2, 0) is 0 Å². The first-order chi connectivity index (χ1) is 9.56. The number of carbonyl (C=O) groups excluding carboxylic acids is 1. The van der Waals surface area contributed by atoms with E-state index in [1.807, 2.05) is 13.8 Å². The van der Waals surface area contributed by atoms with E-state index in [2.05, 4.69) is 15.9 Å². The van der Waals surface area contributed by atoms with E-state index in [-0.39, 0.29) is 11.7 Å². The normalized spacial score (nSPS) is 10.5. The largest absolute Gasteiger partial charge is 0.508 e. The van der Waals surface area contributed by atoms with E-state index in [1.54, 1.807) is 12.1 Å². The molecule has 1 N–H and O–H groups in total. The maximum atomic E-state index is 10.6. The van der Waals surface area contributed by atoms with E-state index in [0.717, 1.165) is 19.0 Å². The summed E-state index contributed by atoms with van der Waals surface area (Å²) in [4.78, 5) is 10.6. The summed E-state index contributed by atoms with van der Waals surface area (Å²) in [6.45, 7) is 3.13. The minimum Gasteiger partial charge on any atom is -0.508 e. The third-order valence-corrected chi connectivity index (χ3v) is 3.45. The molecule has 1 aromatic rings. The van der Waals surface area contributed by atoms with Crippen molar-refractivity contribution in [1.82, 2.24) is 0 Å². The van der Waals surface area contributed by atoms with Crippen molar-refractivity contribution in [2.24, 2.45) is 0 Å². The summed E-state index contributed by atoms with van der Waals surface area (Å²) < 4.78 is 0.629. The standard InChI is InChI=1S/C10H11BrO2.CB7/c1-6(2)8-3-7(5-12)9(11)4-10(8)13;2-1(3,7-4)8(5)6/h3-6,13H,1-2H3;. The lowest BCUT2D eigenvalue weighted by atomic mass is 8.94. The zero-order valence-electron chi connectivity index (χ0n) is 12.1. The zero-order valence-corrected chi connectivity index (χ0v) is 13.7. The molecule has 0 aromatic heterocycles. The molecule has 0 aliphatic rings. The van der Waals surface area contributed by atoms with Gasteiger partial charge in [-0.1, -0.05) is 13.8 Å². The number of hydrogen-bond acceptors (Lipinski definition) is 2. The monoisotopic (exact) mass is 331 g/mol. The van der Waals surface area contributed by atoms with E-state index in [0.29, 0.717) is 10.0 Å². The summed E-state index contributed by atoms with van der Waals surface area (Å²) in [6, 6.07) is 3.26. The molecule has 0 atom stereocenters. The molecule has 0 saturated heterocycles. The fourth-order valence-corrected chi connectivity index (χ4v) is 1.69. The molecule has 11 radical (unpaired) electrons. The van der Waals surface area contributed by atoms with Gasteiger partial charge in [0.2, 0.25) is 0 Å². The van der Waals surface area contributed by atoms with Crippen LogP contribution in [0.2, 0.25) is 5.01 Å². The molecule has 21 heavy (non-hydrogen) atoms. The Bertz CT molecular complexity index is 480. The maximum Gasteiger partial charge on any atom is 0.151 e. The number of halogens is 1. The average molecular weight is 331 g/mol. The van der Waals surface area contributed by atoms with Gasteiger partial charge in [0.05, 0.1) is 0 Å². The van der Waals surface area contributed by atoms with Gasteiger partial charge in [-0.2, -0.15) is 5.01 Å². The Morgan fingerprint density at radius 2 is 1.90 bits per heavy atom. The number of phenolic OH excluding ortho intramolecular Hbond substituents is 1. The fourth-order valence-electron chi connectivity index (χ4n) is 1.26. The number of aromatic hydroxyl groups is 1. The van der Waals surface area contributed by atoms with E-state index in [4.69, 9.17) is 38.9 Å². The quantitative estimate of drug-likeness (QED) is 0.650. The molecule has 0 unspecified atom stereocenters. The average Bonchev–Trinajstić information content (AvgIpc) is 2.39. The van der Waals surface area contributed by atoms with Gasteiger partial charge in [-0.05, 0) is 39.5 Å². The number of benzene rings is 1. The SMILES string of the molecule is CC(C)c1cc(C=O)c(Br)cc1O.[B][B]C([B])([B])B([B])[B]. The smallest absolute Gasteiger partial charge is 0.151 e. The number of carbonyl (C=O) groups is 1. The summed E-state index contributed by atoms with van der Waals surface area (Å²) in [7, 11) is 26.6. The van der Waals surface area contributed by atoms with Crippen LogP contribution in [-0.4, -0.2) is 64.0 Å². The summed E-state index contributed by atoms with van der Waals surface area (Å²) >= 11 is 3.20. The van der Waals surface area contributed by atoms with E-state index in [1.165, 1.54) is 0 Å². The number of rotatable bonds is 4. The first-order valence-electron chi connectivity index (χ1n) is 6.19. The highest BCUT2D eigenvalue weighted by Crippen LogP contribution is 2.30. The Labute approximate surface area is 143 Å². The van der Waals surface area contributed by atoms with E-state index < -0.39 is 11.5 Å². The van der Waals surface area contributed by atoms with Crippen LogP contribution in [0.5, 0.6) is 5.75 Å². The van der Waals surface area contributed by atoms with Crippen LogP contribution in [0, 0.1) is 0 Å².